The summed E-state index contributed by atoms with van der Waals surface area (Å²) in [5.41, 5.74) is 0. The molecule has 1 saturated carbocycles. The number of rotatable bonds is 7. The Balaban J connectivity index is 1.55. The van der Waals surface area contributed by atoms with Crippen molar-refractivity contribution in [2.75, 3.05) is 20.1 Å². The fraction of sp³-hybridized carbons (Fsp3) is 0.750. The van der Waals surface area contributed by atoms with E-state index in [-0.39, 0.29) is 0 Å². The first-order valence-corrected chi connectivity index (χ1v) is 8.95. The highest BCUT2D eigenvalue weighted by atomic mass is 32.1. The lowest BCUT2D eigenvalue weighted by Gasteiger charge is -2.12. The lowest BCUT2D eigenvalue weighted by atomic mass is 10.0. The number of aryl methyl sites for hydroxylation is 1. The Bertz CT molecular complexity index is 435. The molecule has 1 fully saturated rings. The maximum absolute atomic E-state index is 4.38. The molecular weight excluding hydrogens is 280 g/mol. The summed E-state index contributed by atoms with van der Waals surface area (Å²) in [5.74, 6) is 1.89. The van der Waals surface area contributed by atoms with Crippen LogP contribution in [0.25, 0.3) is 0 Å². The number of aromatic nitrogens is 1. The molecule has 0 amide bonds. The monoisotopic (exact) mass is 308 g/mol. The van der Waals surface area contributed by atoms with Gasteiger partial charge in [0.15, 0.2) is 5.96 Å². The van der Waals surface area contributed by atoms with Gasteiger partial charge in [0.25, 0.3) is 0 Å². The molecular formula is C16H28N4S. The molecule has 1 aromatic rings. The molecule has 5 heteroatoms. The fourth-order valence-electron chi connectivity index (χ4n) is 2.92. The van der Waals surface area contributed by atoms with Crippen LogP contribution in [0.5, 0.6) is 0 Å². The van der Waals surface area contributed by atoms with E-state index in [0.29, 0.717) is 0 Å². The van der Waals surface area contributed by atoms with Gasteiger partial charge in [-0.2, -0.15) is 0 Å². The van der Waals surface area contributed by atoms with Crippen molar-refractivity contribution in [3.63, 3.8) is 0 Å². The molecule has 1 aliphatic carbocycles. The Kier molecular flexibility index (Phi) is 7.00. The van der Waals surface area contributed by atoms with E-state index < -0.39 is 0 Å². The minimum absolute atomic E-state index is 0.884. The summed E-state index contributed by atoms with van der Waals surface area (Å²) >= 11 is 1.77. The molecule has 0 aliphatic heterocycles. The second-order valence-electron chi connectivity index (χ2n) is 5.83. The molecule has 4 nitrogen and oxygen atoms in total. The Morgan fingerprint density at radius 2 is 2.10 bits per heavy atom. The van der Waals surface area contributed by atoms with Crippen LogP contribution in [0.15, 0.2) is 11.2 Å². The number of guanidine groups is 1. The molecule has 0 atom stereocenters. The van der Waals surface area contributed by atoms with Crippen LogP contribution in [-0.4, -0.2) is 31.1 Å². The minimum Gasteiger partial charge on any atom is -0.356 e. The summed E-state index contributed by atoms with van der Waals surface area (Å²) in [7, 11) is 1.83. The summed E-state index contributed by atoms with van der Waals surface area (Å²) in [6, 6.07) is 0. The van der Waals surface area contributed by atoms with Gasteiger partial charge in [0.1, 0.15) is 0 Å². The third kappa shape index (κ3) is 6.04. The molecule has 2 rings (SSSR count). The van der Waals surface area contributed by atoms with Crippen molar-refractivity contribution in [2.45, 2.75) is 51.9 Å². The van der Waals surface area contributed by atoms with Gasteiger partial charge in [0, 0.05) is 37.6 Å². The highest BCUT2D eigenvalue weighted by Gasteiger charge is 2.13. The second-order valence-corrected chi connectivity index (χ2v) is 7.15. The molecule has 0 saturated heterocycles. The smallest absolute Gasteiger partial charge is 0.190 e. The van der Waals surface area contributed by atoms with E-state index in [1.54, 1.807) is 11.3 Å². The topological polar surface area (TPSA) is 49.3 Å². The minimum atomic E-state index is 0.884. The van der Waals surface area contributed by atoms with Crippen LogP contribution in [0.2, 0.25) is 0 Å². The van der Waals surface area contributed by atoms with Crippen LogP contribution in [0.1, 0.15) is 48.4 Å². The summed E-state index contributed by atoms with van der Waals surface area (Å²) in [6.07, 6.45) is 11.3. The van der Waals surface area contributed by atoms with Crippen molar-refractivity contribution in [1.29, 1.82) is 0 Å². The number of aliphatic imine (C=N–C) groups is 1. The van der Waals surface area contributed by atoms with E-state index in [4.69, 9.17) is 0 Å². The molecule has 1 aliphatic rings. The van der Waals surface area contributed by atoms with Gasteiger partial charge < -0.3 is 10.6 Å². The van der Waals surface area contributed by atoms with Crippen molar-refractivity contribution < 1.29 is 0 Å². The molecule has 2 N–H and O–H groups in total. The van der Waals surface area contributed by atoms with Gasteiger partial charge in [0.2, 0.25) is 0 Å². The van der Waals surface area contributed by atoms with E-state index in [1.807, 2.05) is 13.2 Å². The first-order chi connectivity index (χ1) is 10.3. The zero-order valence-electron chi connectivity index (χ0n) is 13.3. The van der Waals surface area contributed by atoms with Crippen LogP contribution in [0, 0.1) is 12.8 Å². The summed E-state index contributed by atoms with van der Waals surface area (Å²) in [5, 5.41) is 7.96. The van der Waals surface area contributed by atoms with Gasteiger partial charge in [0.05, 0.1) is 5.01 Å². The number of nitrogens with zero attached hydrogens (tertiary/aromatic N) is 2. The van der Waals surface area contributed by atoms with Crippen LogP contribution >= 0.6 is 11.3 Å². The maximum Gasteiger partial charge on any atom is 0.190 e. The van der Waals surface area contributed by atoms with Gasteiger partial charge in [-0.05, 0) is 25.7 Å². The van der Waals surface area contributed by atoms with Crippen molar-refractivity contribution >= 4 is 17.3 Å². The van der Waals surface area contributed by atoms with Gasteiger partial charge in [-0.3, -0.25) is 4.99 Å². The molecule has 0 spiro atoms. The third-order valence-corrected chi connectivity index (χ3v) is 5.05. The van der Waals surface area contributed by atoms with Crippen LogP contribution in [0.3, 0.4) is 0 Å². The average Bonchev–Trinajstić information content (AvgIpc) is 3.13. The number of hydrogen-bond donors (Lipinski definition) is 2. The summed E-state index contributed by atoms with van der Waals surface area (Å²) in [6.45, 7) is 4.00. The normalized spacial score (nSPS) is 16.4. The molecule has 0 aromatic carbocycles. The molecule has 1 aromatic heterocycles. The van der Waals surface area contributed by atoms with E-state index in [9.17, 15) is 0 Å². The number of hydrogen-bond acceptors (Lipinski definition) is 3. The van der Waals surface area contributed by atoms with E-state index in [0.717, 1.165) is 31.4 Å². The molecule has 0 bridgehead atoms. The van der Waals surface area contributed by atoms with Gasteiger partial charge >= 0.3 is 0 Å². The zero-order chi connectivity index (χ0) is 14.9. The lowest BCUT2D eigenvalue weighted by molar-refractivity contribution is 0.481. The maximum atomic E-state index is 4.38. The third-order valence-electron chi connectivity index (χ3n) is 4.08. The van der Waals surface area contributed by atoms with E-state index >= 15 is 0 Å². The van der Waals surface area contributed by atoms with Crippen molar-refractivity contribution in [2.24, 2.45) is 10.9 Å². The predicted molar refractivity (Wildman–Crippen MR) is 91.1 cm³/mol. The number of thiazole rings is 1. The van der Waals surface area contributed by atoms with E-state index in [1.165, 1.54) is 48.4 Å². The highest BCUT2D eigenvalue weighted by Crippen LogP contribution is 2.28. The van der Waals surface area contributed by atoms with Crippen LogP contribution < -0.4 is 10.6 Å². The first kappa shape index (κ1) is 16.3. The molecule has 21 heavy (non-hydrogen) atoms. The standard InChI is InChI=1S/C16H28N4S/c1-13-12-20-15(21-13)9-11-19-16(17-2)18-10-5-8-14-6-3-4-7-14/h12,14H,3-11H2,1-2H3,(H2,17,18,19). The second kappa shape index (κ2) is 9.03. The van der Waals surface area contributed by atoms with Crippen molar-refractivity contribution in [3.8, 4) is 0 Å². The number of nitrogens with one attached hydrogen (secondary N) is 2. The molecule has 118 valence electrons. The Hall–Kier alpha value is -1.10. The van der Waals surface area contributed by atoms with Crippen molar-refractivity contribution in [3.05, 3.63) is 16.1 Å². The predicted octanol–water partition coefficient (Wildman–Crippen LogP) is 3.13. The quantitative estimate of drug-likeness (QED) is 0.462. The van der Waals surface area contributed by atoms with Crippen LogP contribution in [-0.2, 0) is 6.42 Å². The van der Waals surface area contributed by atoms with Crippen LogP contribution in [0.4, 0.5) is 0 Å². The summed E-state index contributed by atoms with van der Waals surface area (Å²) < 4.78 is 0. The first-order valence-electron chi connectivity index (χ1n) is 8.13. The Morgan fingerprint density at radius 3 is 2.76 bits per heavy atom. The molecule has 1 heterocycles. The SMILES string of the molecule is CN=C(NCCCC1CCCC1)NCCc1ncc(C)s1. The Labute approximate surface area is 132 Å². The fourth-order valence-corrected chi connectivity index (χ4v) is 3.71. The van der Waals surface area contributed by atoms with Gasteiger partial charge in [-0.25, -0.2) is 4.98 Å². The highest BCUT2D eigenvalue weighted by molar-refractivity contribution is 7.11. The van der Waals surface area contributed by atoms with Crippen molar-refractivity contribution in [1.82, 2.24) is 15.6 Å². The van der Waals surface area contributed by atoms with Gasteiger partial charge in [-0.15, -0.1) is 11.3 Å². The average molecular weight is 308 g/mol. The molecule has 0 unspecified atom stereocenters. The zero-order valence-corrected chi connectivity index (χ0v) is 14.1. The lowest BCUT2D eigenvalue weighted by Crippen LogP contribution is -2.38. The van der Waals surface area contributed by atoms with Gasteiger partial charge in [-0.1, -0.05) is 25.7 Å². The summed E-state index contributed by atoms with van der Waals surface area (Å²) in [4.78, 5) is 9.92. The van der Waals surface area contributed by atoms with E-state index in [2.05, 4.69) is 27.5 Å². The molecule has 0 radical (unpaired) electrons. The Morgan fingerprint density at radius 1 is 1.33 bits per heavy atom. The largest absolute Gasteiger partial charge is 0.356 e.